The first-order valence-electron chi connectivity index (χ1n) is 5.72. The fourth-order valence-corrected chi connectivity index (χ4v) is 2.06. The lowest BCUT2D eigenvalue weighted by atomic mass is 10.1. The zero-order valence-electron chi connectivity index (χ0n) is 11.0. The number of benzene rings is 1. The van der Waals surface area contributed by atoms with Gasteiger partial charge < -0.3 is 5.32 Å². The third-order valence-electron chi connectivity index (χ3n) is 2.27. The highest BCUT2D eigenvalue weighted by Gasteiger charge is 2.18. The van der Waals surface area contributed by atoms with Gasteiger partial charge in [-0.05, 0) is 24.1 Å². The minimum Gasteiger partial charge on any atom is -0.325 e. The maximum Gasteiger partial charge on any atom is 0.238 e. The molecule has 0 aliphatic heterocycles. The van der Waals surface area contributed by atoms with Gasteiger partial charge in [0.05, 0.1) is 16.8 Å². The Kier molecular flexibility index (Phi) is 5.37. The molecule has 1 amide bonds. The van der Waals surface area contributed by atoms with E-state index in [0.717, 1.165) is 6.26 Å². The molecule has 0 aromatic heterocycles. The molecule has 0 aliphatic rings. The predicted octanol–water partition coefficient (Wildman–Crippen LogP) is 2.42. The third-order valence-corrected chi connectivity index (χ3v) is 4.35. The summed E-state index contributed by atoms with van der Waals surface area (Å²) in [5, 5.41) is 2.73. The van der Waals surface area contributed by atoms with Crippen LogP contribution in [-0.4, -0.2) is 25.4 Å². The van der Waals surface area contributed by atoms with Crippen molar-refractivity contribution < 1.29 is 13.2 Å². The molecule has 0 radical (unpaired) electrons. The van der Waals surface area contributed by atoms with Crippen LogP contribution in [0.5, 0.6) is 0 Å². The summed E-state index contributed by atoms with van der Waals surface area (Å²) in [6.07, 6.45) is 1.07. The molecule has 0 aliphatic carbocycles. The Labute approximate surface area is 122 Å². The lowest BCUT2D eigenvalue weighted by Crippen LogP contribution is -2.27. The number of nitrogens with one attached hydrogen (secondary N) is 2. The summed E-state index contributed by atoms with van der Waals surface area (Å²) in [5.41, 5.74) is 0.958. The molecular weight excluding hydrogens is 332 g/mol. The maximum atomic E-state index is 11.9. The molecular formula is C12H17BrN2O3S. The van der Waals surface area contributed by atoms with E-state index in [1.807, 2.05) is 13.8 Å². The zero-order chi connectivity index (χ0) is 14.6. The number of carbonyl (C=O) groups excluding carboxylic acids is 1. The van der Waals surface area contributed by atoms with E-state index in [9.17, 15) is 13.2 Å². The van der Waals surface area contributed by atoms with E-state index in [4.69, 9.17) is 0 Å². The summed E-state index contributed by atoms with van der Waals surface area (Å²) in [5.74, 6) is 0.00355. The van der Waals surface area contributed by atoms with Crippen molar-refractivity contribution in [2.24, 2.45) is 5.92 Å². The number of halogens is 1. The fourth-order valence-electron chi connectivity index (χ4n) is 1.39. The van der Waals surface area contributed by atoms with Gasteiger partial charge in [-0.3, -0.25) is 9.52 Å². The van der Waals surface area contributed by atoms with Crippen LogP contribution in [0.1, 0.15) is 13.8 Å². The molecule has 1 atom stereocenters. The van der Waals surface area contributed by atoms with Crippen LogP contribution in [0.4, 0.5) is 11.4 Å². The van der Waals surface area contributed by atoms with Crippen LogP contribution in [0.3, 0.4) is 0 Å². The van der Waals surface area contributed by atoms with E-state index in [1.165, 1.54) is 0 Å². The molecule has 0 fully saturated rings. The van der Waals surface area contributed by atoms with E-state index in [0.29, 0.717) is 11.4 Å². The van der Waals surface area contributed by atoms with Gasteiger partial charge in [0.1, 0.15) is 0 Å². The number of alkyl halides is 1. The highest BCUT2D eigenvalue weighted by molar-refractivity contribution is 9.10. The quantitative estimate of drug-likeness (QED) is 0.802. The van der Waals surface area contributed by atoms with Gasteiger partial charge in [-0.15, -0.1) is 0 Å². The van der Waals surface area contributed by atoms with E-state index in [1.54, 1.807) is 24.3 Å². The number of sulfonamides is 1. The molecule has 1 rings (SSSR count). The highest BCUT2D eigenvalue weighted by atomic mass is 79.9. The van der Waals surface area contributed by atoms with Crippen LogP contribution in [0.25, 0.3) is 0 Å². The van der Waals surface area contributed by atoms with Crippen LogP contribution >= 0.6 is 15.9 Å². The average molecular weight is 349 g/mol. The Balaban J connectivity index is 2.80. The molecule has 19 heavy (non-hydrogen) atoms. The molecule has 0 saturated heterocycles. The SMILES string of the molecule is CC(C)C(Br)C(=O)Nc1cccc(NS(C)(=O)=O)c1. The molecule has 7 heteroatoms. The van der Waals surface area contributed by atoms with Crippen LogP contribution in [0.2, 0.25) is 0 Å². The summed E-state index contributed by atoms with van der Waals surface area (Å²) < 4.78 is 24.6. The van der Waals surface area contributed by atoms with Gasteiger partial charge >= 0.3 is 0 Å². The van der Waals surface area contributed by atoms with Crippen LogP contribution in [0, 0.1) is 5.92 Å². The molecule has 106 valence electrons. The molecule has 1 unspecified atom stereocenters. The van der Waals surface area contributed by atoms with Crippen molar-refractivity contribution in [2.75, 3.05) is 16.3 Å². The number of anilines is 2. The second-order valence-electron chi connectivity index (χ2n) is 4.59. The molecule has 0 heterocycles. The Morgan fingerprint density at radius 3 is 2.37 bits per heavy atom. The van der Waals surface area contributed by atoms with Crippen molar-refractivity contribution in [2.45, 2.75) is 18.7 Å². The number of amides is 1. The molecule has 5 nitrogen and oxygen atoms in total. The average Bonchev–Trinajstić information content (AvgIpc) is 2.25. The minimum atomic E-state index is -3.32. The van der Waals surface area contributed by atoms with Crippen molar-refractivity contribution in [3.05, 3.63) is 24.3 Å². The molecule has 1 aromatic carbocycles. The minimum absolute atomic E-state index is 0.161. The molecule has 0 saturated carbocycles. The summed E-state index contributed by atoms with van der Waals surface area (Å²) in [6, 6.07) is 6.55. The number of hydrogen-bond acceptors (Lipinski definition) is 3. The van der Waals surface area contributed by atoms with Gasteiger partial charge in [0.2, 0.25) is 15.9 Å². The predicted molar refractivity (Wildman–Crippen MR) is 81.1 cm³/mol. The Bertz CT molecular complexity index is 558. The van der Waals surface area contributed by atoms with Crippen molar-refractivity contribution >= 4 is 43.2 Å². The molecule has 0 spiro atoms. The van der Waals surface area contributed by atoms with Gasteiger partial charge in [-0.2, -0.15) is 0 Å². The number of rotatable bonds is 5. The molecule has 0 bridgehead atoms. The zero-order valence-corrected chi connectivity index (χ0v) is 13.4. The van der Waals surface area contributed by atoms with E-state index < -0.39 is 10.0 Å². The smallest absolute Gasteiger partial charge is 0.238 e. The molecule has 2 N–H and O–H groups in total. The summed E-state index contributed by atoms with van der Waals surface area (Å²) >= 11 is 3.31. The first-order chi connectivity index (χ1) is 8.69. The Morgan fingerprint density at radius 1 is 1.26 bits per heavy atom. The van der Waals surface area contributed by atoms with Gasteiger partial charge in [-0.1, -0.05) is 35.8 Å². The van der Waals surface area contributed by atoms with Gasteiger partial charge in [0, 0.05) is 5.69 Å². The van der Waals surface area contributed by atoms with Crippen molar-refractivity contribution in [1.29, 1.82) is 0 Å². The number of carbonyl (C=O) groups is 1. The standard InChI is InChI=1S/C12H17BrN2O3S/c1-8(2)11(13)12(16)14-9-5-4-6-10(7-9)15-19(3,17)18/h4-8,11,15H,1-3H3,(H,14,16). The van der Waals surface area contributed by atoms with Crippen molar-refractivity contribution in [1.82, 2.24) is 0 Å². The van der Waals surface area contributed by atoms with E-state index >= 15 is 0 Å². The van der Waals surface area contributed by atoms with Crippen molar-refractivity contribution in [3.63, 3.8) is 0 Å². The summed E-state index contributed by atoms with van der Waals surface area (Å²) in [4.78, 5) is 11.6. The van der Waals surface area contributed by atoms with Gasteiger partial charge in [0.15, 0.2) is 0 Å². The van der Waals surface area contributed by atoms with Crippen LogP contribution in [0.15, 0.2) is 24.3 Å². The lowest BCUT2D eigenvalue weighted by Gasteiger charge is -2.14. The van der Waals surface area contributed by atoms with Gasteiger partial charge in [-0.25, -0.2) is 8.42 Å². The largest absolute Gasteiger partial charge is 0.325 e. The van der Waals surface area contributed by atoms with Crippen molar-refractivity contribution in [3.8, 4) is 0 Å². The van der Waals surface area contributed by atoms with Gasteiger partial charge in [0.25, 0.3) is 0 Å². The Morgan fingerprint density at radius 2 is 1.84 bits per heavy atom. The van der Waals surface area contributed by atoms with Crippen LogP contribution in [-0.2, 0) is 14.8 Å². The molecule has 1 aromatic rings. The topological polar surface area (TPSA) is 75.3 Å². The number of hydrogen-bond donors (Lipinski definition) is 2. The first-order valence-corrected chi connectivity index (χ1v) is 8.52. The van der Waals surface area contributed by atoms with E-state index in [-0.39, 0.29) is 16.7 Å². The second-order valence-corrected chi connectivity index (χ2v) is 7.33. The maximum absolute atomic E-state index is 11.9. The first kappa shape index (κ1) is 16.0. The second kappa shape index (κ2) is 6.38. The summed E-state index contributed by atoms with van der Waals surface area (Å²) in [6.45, 7) is 3.86. The monoisotopic (exact) mass is 348 g/mol. The third kappa shape index (κ3) is 5.61. The summed E-state index contributed by atoms with van der Waals surface area (Å²) in [7, 11) is -3.32. The normalized spacial score (nSPS) is 13.1. The Hall–Kier alpha value is -1.08. The fraction of sp³-hybridized carbons (Fsp3) is 0.417. The van der Waals surface area contributed by atoms with Crippen LogP contribution < -0.4 is 10.0 Å². The highest BCUT2D eigenvalue weighted by Crippen LogP contribution is 2.19. The van der Waals surface area contributed by atoms with E-state index in [2.05, 4.69) is 26.0 Å². The lowest BCUT2D eigenvalue weighted by molar-refractivity contribution is -0.116.